The number of nitrogens with zero attached hydrogens (tertiary/aromatic N) is 4. The zero-order valence-electron chi connectivity index (χ0n) is 16.0. The monoisotopic (exact) mass is 392 g/mol. The second-order valence-corrected chi connectivity index (χ2v) is 7.64. The molecule has 5 nitrogen and oxygen atoms in total. The summed E-state index contributed by atoms with van der Waals surface area (Å²) in [5.74, 6) is 0.404. The van der Waals surface area contributed by atoms with Gasteiger partial charge in [-0.25, -0.2) is 4.98 Å². The van der Waals surface area contributed by atoms with E-state index in [1.807, 2.05) is 0 Å². The summed E-state index contributed by atoms with van der Waals surface area (Å²) < 4.78 is 41.3. The van der Waals surface area contributed by atoms with E-state index in [-0.39, 0.29) is 5.56 Å². The summed E-state index contributed by atoms with van der Waals surface area (Å²) in [6.07, 6.45) is -0.0693. The Bertz CT molecular complexity index is 947. The van der Waals surface area contributed by atoms with Gasteiger partial charge in [0.1, 0.15) is 0 Å². The first-order chi connectivity index (χ1) is 13.3. The molecule has 1 aliphatic heterocycles. The Hall–Kier alpha value is -2.35. The molecule has 0 N–H and O–H groups in total. The summed E-state index contributed by atoms with van der Waals surface area (Å²) in [5, 5.41) is 0. The van der Waals surface area contributed by atoms with Crippen LogP contribution in [0, 0.1) is 13.8 Å². The van der Waals surface area contributed by atoms with Gasteiger partial charge in [0.05, 0.1) is 18.9 Å². The lowest BCUT2D eigenvalue weighted by Crippen LogP contribution is -2.50. The van der Waals surface area contributed by atoms with Gasteiger partial charge >= 0.3 is 6.18 Å². The molecule has 1 aromatic heterocycles. The van der Waals surface area contributed by atoms with Crippen molar-refractivity contribution in [3.63, 3.8) is 0 Å². The van der Waals surface area contributed by atoms with Crippen LogP contribution in [0.15, 0.2) is 29.1 Å². The minimum atomic E-state index is -4.42. The third-order valence-corrected chi connectivity index (χ3v) is 5.83. The van der Waals surface area contributed by atoms with Gasteiger partial charge in [-0.05, 0) is 44.9 Å². The van der Waals surface area contributed by atoms with Crippen LogP contribution in [0.3, 0.4) is 0 Å². The molecule has 1 fully saturated rings. The third kappa shape index (κ3) is 3.30. The van der Waals surface area contributed by atoms with Gasteiger partial charge in [-0.2, -0.15) is 13.2 Å². The first-order valence-corrected chi connectivity index (χ1v) is 9.52. The largest absolute Gasteiger partial charge is 0.416 e. The maximum Gasteiger partial charge on any atom is 0.416 e. The van der Waals surface area contributed by atoms with Crippen molar-refractivity contribution in [3.05, 3.63) is 51.4 Å². The first-order valence-electron chi connectivity index (χ1n) is 9.52. The molecule has 0 saturated heterocycles. The quantitative estimate of drug-likeness (QED) is 0.769. The number of aromatic nitrogens is 2. The van der Waals surface area contributed by atoms with Crippen LogP contribution < -0.4 is 10.5 Å². The molecule has 2 heterocycles. The number of anilines is 2. The van der Waals surface area contributed by atoms with E-state index >= 15 is 0 Å². The zero-order chi connectivity index (χ0) is 20.1. The molecule has 2 aliphatic rings. The molecule has 8 heteroatoms. The zero-order valence-corrected chi connectivity index (χ0v) is 16.0. The lowest BCUT2D eigenvalue weighted by molar-refractivity contribution is -0.137. The Labute approximate surface area is 161 Å². The number of alkyl halides is 3. The van der Waals surface area contributed by atoms with E-state index in [1.54, 1.807) is 29.4 Å². The minimum absolute atomic E-state index is 0.137. The first kappa shape index (κ1) is 19.0. The van der Waals surface area contributed by atoms with E-state index in [4.69, 9.17) is 0 Å². The van der Waals surface area contributed by atoms with Crippen molar-refractivity contribution >= 4 is 11.6 Å². The topological polar surface area (TPSA) is 41.4 Å². The molecule has 0 bridgehead atoms. The molecule has 2 aromatic rings. The predicted octanol–water partition coefficient (Wildman–Crippen LogP) is 4.19. The van der Waals surface area contributed by atoms with Crippen molar-refractivity contribution in [1.82, 2.24) is 14.5 Å². The summed E-state index contributed by atoms with van der Waals surface area (Å²) in [5.41, 5.74) is 0.716. The van der Waals surface area contributed by atoms with E-state index < -0.39 is 11.7 Å². The van der Waals surface area contributed by atoms with E-state index in [2.05, 4.69) is 9.88 Å². The molecule has 0 atom stereocenters. The van der Waals surface area contributed by atoms with Gasteiger partial charge in [0.25, 0.3) is 5.56 Å². The Balaban J connectivity index is 1.83. The van der Waals surface area contributed by atoms with Gasteiger partial charge in [-0.15, -0.1) is 0 Å². The van der Waals surface area contributed by atoms with Crippen LogP contribution in [0.5, 0.6) is 0 Å². The summed E-state index contributed by atoms with van der Waals surface area (Å²) in [4.78, 5) is 21.4. The molecule has 1 aliphatic carbocycles. The molecule has 28 heavy (non-hydrogen) atoms. The molecule has 0 radical (unpaired) electrons. The van der Waals surface area contributed by atoms with Gasteiger partial charge in [0.15, 0.2) is 0 Å². The SMILES string of the molecule is Cc1nc2n(c(=O)c1C)CN(C1CCCC1)CN2c1cccc(C(F)(F)F)c1. The highest BCUT2D eigenvalue weighted by Gasteiger charge is 2.34. The molecular weight excluding hydrogens is 369 g/mol. The molecule has 0 unspecified atom stereocenters. The fraction of sp³-hybridized carbons (Fsp3) is 0.500. The van der Waals surface area contributed by atoms with Gasteiger partial charge in [0, 0.05) is 23.0 Å². The lowest BCUT2D eigenvalue weighted by Gasteiger charge is -2.41. The van der Waals surface area contributed by atoms with E-state index in [0.29, 0.717) is 42.3 Å². The van der Waals surface area contributed by atoms with Crippen LogP contribution in [0.2, 0.25) is 0 Å². The maximum absolute atomic E-state index is 13.2. The fourth-order valence-corrected chi connectivity index (χ4v) is 4.09. The normalized spacial score (nSPS) is 18.5. The molecule has 1 aromatic carbocycles. The van der Waals surface area contributed by atoms with Crippen LogP contribution in [-0.2, 0) is 12.8 Å². The lowest BCUT2D eigenvalue weighted by atomic mass is 10.1. The maximum atomic E-state index is 13.2. The van der Waals surface area contributed by atoms with Gasteiger partial charge < -0.3 is 0 Å². The van der Waals surface area contributed by atoms with Gasteiger partial charge in [-0.1, -0.05) is 18.9 Å². The van der Waals surface area contributed by atoms with Crippen LogP contribution in [0.4, 0.5) is 24.8 Å². The Morgan fingerprint density at radius 2 is 1.82 bits per heavy atom. The Morgan fingerprint density at radius 3 is 2.50 bits per heavy atom. The van der Waals surface area contributed by atoms with Crippen molar-refractivity contribution in [2.75, 3.05) is 11.6 Å². The molecule has 0 spiro atoms. The number of aryl methyl sites for hydroxylation is 1. The standard InChI is InChI=1S/C20H23F3N4O/c1-13-14(2)24-19-26(17-9-5-6-15(10-17)20(21,22)23)11-25(12-27(19)18(13)28)16-7-3-4-8-16/h5-6,9-10,16H,3-4,7-8,11-12H2,1-2H3. The predicted molar refractivity (Wildman–Crippen MR) is 101 cm³/mol. The third-order valence-electron chi connectivity index (χ3n) is 5.83. The van der Waals surface area contributed by atoms with Crippen LogP contribution >= 0.6 is 0 Å². The molecule has 4 rings (SSSR count). The van der Waals surface area contributed by atoms with E-state index in [0.717, 1.165) is 37.8 Å². The molecule has 1 saturated carbocycles. The second-order valence-electron chi connectivity index (χ2n) is 7.64. The minimum Gasteiger partial charge on any atom is -0.298 e. The van der Waals surface area contributed by atoms with Crippen molar-refractivity contribution in [1.29, 1.82) is 0 Å². The summed E-state index contributed by atoms with van der Waals surface area (Å²) in [6.45, 7) is 4.33. The van der Waals surface area contributed by atoms with Crippen molar-refractivity contribution in [3.8, 4) is 0 Å². The number of rotatable bonds is 2. The number of fused-ring (bicyclic) bond motifs is 1. The van der Waals surface area contributed by atoms with Gasteiger partial charge in [0.2, 0.25) is 5.95 Å². The molecule has 150 valence electrons. The fourth-order valence-electron chi connectivity index (χ4n) is 4.09. The van der Waals surface area contributed by atoms with E-state index in [9.17, 15) is 18.0 Å². The Morgan fingerprint density at radius 1 is 1.11 bits per heavy atom. The van der Waals surface area contributed by atoms with Crippen molar-refractivity contribution < 1.29 is 13.2 Å². The summed E-state index contributed by atoms with van der Waals surface area (Å²) in [6, 6.07) is 5.55. The number of halogens is 3. The van der Waals surface area contributed by atoms with Crippen LogP contribution in [-0.4, -0.2) is 27.2 Å². The summed E-state index contributed by atoms with van der Waals surface area (Å²) in [7, 11) is 0. The van der Waals surface area contributed by atoms with Gasteiger partial charge in [-0.3, -0.25) is 19.2 Å². The Kier molecular flexibility index (Phi) is 4.69. The average Bonchev–Trinajstić information content (AvgIpc) is 3.20. The average molecular weight is 392 g/mol. The molecule has 0 amide bonds. The second kappa shape index (κ2) is 6.92. The highest BCUT2D eigenvalue weighted by atomic mass is 19.4. The summed E-state index contributed by atoms with van der Waals surface area (Å²) >= 11 is 0. The van der Waals surface area contributed by atoms with Crippen molar-refractivity contribution in [2.45, 2.75) is 58.4 Å². The molecular formula is C20H23F3N4O. The number of hydrogen-bond acceptors (Lipinski definition) is 4. The smallest absolute Gasteiger partial charge is 0.298 e. The highest BCUT2D eigenvalue weighted by molar-refractivity contribution is 5.59. The van der Waals surface area contributed by atoms with E-state index in [1.165, 1.54) is 6.07 Å². The number of benzene rings is 1. The number of hydrogen-bond donors (Lipinski definition) is 0. The van der Waals surface area contributed by atoms with Crippen LogP contribution in [0.1, 0.15) is 42.5 Å². The van der Waals surface area contributed by atoms with Crippen molar-refractivity contribution in [2.24, 2.45) is 0 Å². The highest BCUT2D eigenvalue weighted by Crippen LogP contribution is 2.36. The van der Waals surface area contributed by atoms with Crippen LogP contribution in [0.25, 0.3) is 0 Å².